The van der Waals surface area contributed by atoms with Gasteiger partial charge in [0.15, 0.2) is 5.70 Å². The Morgan fingerprint density at radius 2 is 1.82 bits per heavy atom. The Kier molecular flexibility index (Phi) is 8.83. The fourth-order valence-electron chi connectivity index (χ4n) is 3.37. The average Bonchev–Trinajstić information content (AvgIpc) is 3.26. The fourth-order valence-corrected chi connectivity index (χ4v) is 3.37. The number of hydrogen-bond donors (Lipinski definition) is 1. The van der Waals surface area contributed by atoms with Gasteiger partial charge >= 0.3 is 18.0 Å². The van der Waals surface area contributed by atoms with Crippen LogP contribution in [0.4, 0.5) is 4.79 Å². The fraction of sp³-hybridized carbons (Fsp3) is 0.391. The van der Waals surface area contributed by atoms with Gasteiger partial charge in [-0.25, -0.2) is 24.4 Å². The van der Waals surface area contributed by atoms with Crippen molar-refractivity contribution in [3.8, 4) is 0 Å². The van der Waals surface area contributed by atoms with Gasteiger partial charge in [-0.1, -0.05) is 43.0 Å². The zero-order valence-electron chi connectivity index (χ0n) is 19.2. The van der Waals surface area contributed by atoms with Crippen LogP contribution >= 0.6 is 12.4 Å². The molecule has 34 heavy (non-hydrogen) atoms. The number of hydrazine groups is 1. The van der Waals surface area contributed by atoms with E-state index in [1.807, 2.05) is 18.2 Å². The van der Waals surface area contributed by atoms with Gasteiger partial charge in [0.25, 0.3) is 5.91 Å². The van der Waals surface area contributed by atoms with Crippen molar-refractivity contribution in [2.45, 2.75) is 39.0 Å². The van der Waals surface area contributed by atoms with Crippen LogP contribution in [-0.4, -0.2) is 65.3 Å². The van der Waals surface area contributed by atoms with Crippen LogP contribution in [-0.2, 0) is 35.2 Å². The lowest BCUT2D eigenvalue weighted by molar-refractivity contribution is -0.146. The quantitative estimate of drug-likeness (QED) is 0.349. The van der Waals surface area contributed by atoms with Crippen LogP contribution in [0.15, 0.2) is 54.3 Å². The maximum absolute atomic E-state index is 13.0. The zero-order valence-corrected chi connectivity index (χ0v) is 20.1. The molecule has 3 rings (SSSR count). The Morgan fingerprint density at radius 1 is 1.15 bits per heavy atom. The molecule has 1 aromatic carbocycles. The number of carbonyl (C=O) groups is 4. The molecule has 1 N–H and O–H groups in total. The van der Waals surface area contributed by atoms with Gasteiger partial charge in [0, 0.05) is 6.54 Å². The lowest BCUT2D eigenvalue weighted by Crippen LogP contribution is -2.45. The van der Waals surface area contributed by atoms with E-state index in [0.29, 0.717) is 0 Å². The van der Waals surface area contributed by atoms with Gasteiger partial charge in [0.2, 0.25) is 0 Å². The first-order chi connectivity index (χ1) is 15.6. The molecule has 1 saturated heterocycles. The summed E-state index contributed by atoms with van der Waals surface area (Å²) in [7, 11) is 0. The number of esters is 2. The van der Waals surface area contributed by atoms with E-state index in [1.165, 1.54) is 11.1 Å². The number of alkyl carbamates (subject to hydrolysis) is 1. The van der Waals surface area contributed by atoms with Gasteiger partial charge in [-0.15, -0.1) is 12.4 Å². The molecule has 0 spiro atoms. The molecule has 0 saturated carbocycles. The molecule has 0 unspecified atom stereocenters. The first-order valence-electron chi connectivity index (χ1n) is 10.4. The van der Waals surface area contributed by atoms with Gasteiger partial charge in [0.1, 0.15) is 24.9 Å². The summed E-state index contributed by atoms with van der Waals surface area (Å²) < 4.78 is 15.7. The summed E-state index contributed by atoms with van der Waals surface area (Å²) >= 11 is 0. The van der Waals surface area contributed by atoms with E-state index in [0.717, 1.165) is 10.6 Å². The highest BCUT2D eigenvalue weighted by atomic mass is 35.5. The van der Waals surface area contributed by atoms with Crippen molar-refractivity contribution < 1.29 is 33.4 Å². The van der Waals surface area contributed by atoms with E-state index in [1.54, 1.807) is 32.9 Å². The summed E-state index contributed by atoms with van der Waals surface area (Å²) in [5.74, 6) is -2.18. The molecular formula is C23H28ClN3O7. The summed E-state index contributed by atoms with van der Waals surface area (Å²) in [5.41, 5.74) is -0.187. The number of halogens is 1. The van der Waals surface area contributed by atoms with Crippen molar-refractivity contribution in [2.24, 2.45) is 0 Å². The molecule has 184 valence electrons. The second kappa shape index (κ2) is 11.2. The molecule has 0 aromatic heterocycles. The minimum Gasteiger partial charge on any atom is -0.457 e. The SMILES string of the molecule is C=CCOC(=O)C1=C(C(=O)OCc2ccccc2)CN2C[C@@H](NC(=O)OC(C)(C)C)C(=O)N12.Cl. The van der Waals surface area contributed by atoms with Crippen LogP contribution < -0.4 is 5.32 Å². The Bertz CT molecular complexity index is 988. The number of amides is 2. The molecule has 1 atom stereocenters. The zero-order chi connectivity index (χ0) is 24.2. The number of ether oxygens (including phenoxy) is 3. The third kappa shape index (κ3) is 6.36. The molecule has 2 heterocycles. The van der Waals surface area contributed by atoms with Crippen LogP contribution in [0, 0.1) is 0 Å². The van der Waals surface area contributed by atoms with Crippen molar-refractivity contribution in [2.75, 3.05) is 19.7 Å². The molecule has 10 nitrogen and oxygen atoms in total. The minimum absolute atomic E-state index is 0. The second-order valence-electron chi connectivity index (χ2n) is 8.47. The van der Waals surface area contributed by atoms with Crippen LogP contribution in [0.25, 0.3) is 0 Å². The topological polar surface area (TPSA) is 114 Å². The molecule has 1 aromatic rings. The standard InChI is InChI=1S/C23H27N3O7.ClH/c1-5-11-31-21(29)18-16(20(28)32-14-15-9-7-6-8-10-15)12-25-13-17(19(27)26(18)25)24-22(30)33-23(2,3)4;/h5-10,17H,1,11-14H2,2-4H3,(H,24,30);1H/t17-;/m1./s1. The maximum Gasteiger partial charge on any atom is 0.408 e. The lowest BCUT2D eigenvalue weighted by atomic mass is 10.1. The van der Waals surface area contributed by atoms with E-state index in [4.69, 9.17) is 14.2 Å². The number of hydrogen-bond acceptors (Lipinski definition) is 8. The van der Waals surface area contributed by atoms with Crippen molar-refractivity contribution in [3.05, 3.63) is 59.8 Å². The Morgan fingerprint density at radius 3 is 2.44 bits per heavy atom. The highest BCUT2D eigenvalue weighted by Gasteiger charge is 2.50. The Labute approximate surface area is 203 Å². The van der Waals surface area contributed by atoms with Gasteiger partial charge in [-0.05, 0) is 26.3 Å². The first kappa shape index (κ1) is 26.9. The first-order valence-corrected chi connectivity index (χ1v) is 10.4. The molecular weight excluding hydrogens is 466 g/mol. The summed E-state index contributed by atoms with van der Waals surface area (Å²) in [6.07, 6.45) is 0.613. The third-order valence-corrected chi connectivity index (χ3v) is 4.70. The van der Waals surface area contributed by atoms with Crippen molar-refractivity contribution in [1.29, 1.82) is 0 Å². The van der Waals surface area contributed by atoms with Crippen LogP contribution in [0.3, 0.4) is 0 Å². The normalized spacial score (nSPS) is 17.6. The Hall–Kier alpha value is -3.37. The van der Waals surface area contributed by atoms with E-state index in [2.05, 4.69) is 11.9 Å². The number of carbonyl (C=O) groups excluding carboxylic acids is 4. The average molecular weight is 494 g/mol. The summed E-state index contributed by atoms with van der Waals surface area (Å²) in [6, 6.07) is 8.11. The van der Waals surface area contributed by atoms with Crippen LogP contribution in [0.2, 0.25) is 0 Å². The van der Waals surface area contributed by atoms with Crippen molar-refractivity contribution >= 4 is 36.3 Å². The Balaban J connectivity index is 0.00000408. The highest BCUT2D eigenvalue weighted by Crippen LogP contribution is 2.31. The van der Waals surface area contributed by atoms with E-state index in [9.17, 15) is 19.2 Å². The monoisotopic (exact) mass is 493 g/mol. The summed E-state index contributed by atoms with van der Waals surface area (Å²) in [5, 5.41) is 5.05. The third-order valence-electron chi connectivity index (χ3n) is 4.70. The molecule has 1 fully saturated rings. The van der Waals surface area contributed by atoms with E-state index < -0.39 is 35.6 Å². The van der Waals surface area contributed by atoms with E-state index in [-0.39, 0.29) is 50.0 Å². The minimum atomic E-state index is -0.955. The molecule has 2 aliphatic rings. The van der Waals surface area contributed by atoms with Gasteiger partial charge in [-0.2, -0.15) is 0 Å². The van der Waals surface area contributed by atoms with Crippen molar-refractivity contribution in [1.82, 2.24) is 15.3 Å². The molecule has 11 heteroatoms. The molecule has 2 amide bonds. The molecule has 0 radical (unpaired) electrons. The number of benzene rings is 1. The highest BCUT2D eigenvalue weighted by molar-refractivity contribution is 6.05. The number of fused-ring (bicyclic) bond motifs is 1. The predicted octanol–water partition coefficient (Wildman–Crippen LogP) is 2.10. The molecule has 0 aliphatic carbocycles. The van der Waals surface area contributed by atoms with Gasteiger partial charge in [-0.3, -0.25) is 4.79 Å². The lowest BCUT2D eigenvalue weighted by Gasteiger charge is -2.21. The number of rotatable bonds is 7. The van der Waals surface area contributed by atoms with E-state index >= 15 is 0 Å². The van der Waals surface area contributed by atoms with Crippen LogP contribution in [0.1, 0.15) is 26.3 Å². The largest absolute Gasteiger partial charge is 0.457 e. The maximum atomic E-state index is 13.0. The summed E-state index contributed by atoms with van der Waals surface area (Å²) in [6.45, 7) is 8.51. The number of nitrogens with zero attached hydrogens (tertiary/aromatic N) is 2. The molecule has 2 aliphatic heterocycles. The van der Waals surface area contributed by atoms with Crippen LogP contribution in [0.5, 0.6) is 0 Å². The summed E-state index contributed by atoms with van der Waals surface area (Å²) in [4.78, 5) is 50.7. The number of nitrogens with one attached hydrogen (secondary N) is 1. The predicted molar refractivity (Wildman–Crippen MR) is 123 cm³/mol. The smallest absolute Gasteiger partial charge is 0.408 e. The van der Waals surface area contributed by atoms with Gasteiger partial charge < -0.3 is 19.5 Å². The van der Waals surface area contributed by atoms with Crippen molar-refractivity contribution in [3.63, 3.8) is 0 Å². The van der Waals surface area contributed by atoms with Gasteiger partial charge in [0.05, 0.1) is 12.1 Å². The second-order valence-corrected chi connectivity index (χ2v) is 8.47. The molecule has 0 bridgehead atoms.